The largest absolute Gasteiger partial charge is 0.350 e. The van der Waals surface area contributed by atoms with Crippen molar-refractivity contribution in [2.45, 2.75) is 51.6 Å². The van der Waals surface area contributed by atoms with E-state index in [1.807, 2.05) is 57.2 Å². The fraction of sp³-hybridized carbons (Fsp3) is 0.391. The van der Waals surface area contributed by atoms with Gasteiger partial charge in [-0.25, -0.2) is 0 Å². The summed E-state index contributed by atoms with van der Waals surface area (Å²) in [6, 6.07) is 14.6. The van der Waals surface area contributed by atoms with Gasteiger partial charge in [0.05, 0.1) is 15.8 Å². The summed E-state index contributed by atoms with van der Waals surface area (Å²) < 4.78 is 0. The number of rotatable bonds is 8. The van der Waals surface area contributed by atoms with Crippen molar-refractivity contribution in [1.82, 2.24) is 10.2 Å². The van der Waals surface area contributed by atoms with Crippen LogP contribution in [0.1, 0.15) is 38.8 Å². The molecule has 0 aliphatic carbocycles. The molecule has 1 N–H and O–H groups in total. The van der Waals surface area contributed by atoms with Crippen molar-refractivity contribution in [3.05, 3.63) is 69.7 Å². The van der Waals surface area contributed by atoms with Crippen molar-refractivity contribution < 1.29 is 9.59 Å². The molecule has 0 aliphatic heterocycles. The number of hydrogen-bond acceptors (Lipinski definition) is 3. The van der Waals surface area contributed by atoms with Crippen LogP contribution in [-0.2, 0) is 21.9 Å². The molecule has 30 heavy (non-hydrogen) atoms. The summed E-state index contributed by atoms with van der Waals surface area (Å²) in [5, 5.41) is 3.83. The topological polar surface area (TPSA) is 49.4 Å². The molecule has 0 aromatic heterocycles. The van der Waals surface area contributed by atoms with Gasteiger partial charge in [0.2, 0.25) is 11.8 Å². The van der Waals surface area contributed by atoms with Crippen LogP contribution in [0.4, 0.5) is 0 Å². The van der Waals surface area contributed by atoms with Crippen molar-refractivity contribution in [2.24, 2.45) is 0 Å². The Kier molecular flexibility index (Phi) is 9.08. The fourth-order valence-electron chi connectivity index (χ4n) is 2.80. The van der Waals surface area contributed by atoms with Crippen LogP contribution in [0.2, 0.25) is 10.0 Å². The minimum absolute atomic E-state index is 0.0986. The Morgan fingerprint density at radius 2 is 1.70 bits per heavy atom. The van der Waals surface area contributed by atoms with E-state index in [1.165, 1.54) is 11.8 Å². The highest BCUT2D eigenvalue weighted by Crippen LogP contribution is 2.24. The van der Waals surface area contributed by atoms with E-state index in [4.69, 9.17) is 23.2 Å². The van der Waals surface area contributed by atoms with Gasteiger partial charge in [-0.3, -0.25) is 9.59 Å². The molecule has 162 valence electrons. The van der Waals surface area contributed by atoms with Crippen molar-refractivity contribution in [3.8, 4) is 0 Å². The zero-order chi connectivity index (χ0) is 22.3. The maximum atomic E-state index is 13.1. The first-order valence-electron chi connectivity index (χ1n) is 9.74. The van der Waals surface area contributed by atoms with Gasteiger partial charge >= 0.3 is 0 Å². The number of nitrogens with zero attached hydrogens (tertiary/aromatic N) is 1. The highest BCUT2D eigenvalue weighted by molar-refractivity contribution is 7.99. The minimum atomic E-state index is -0.622. The fourth-order valence-corrected chi connectivity index (χ4v) is 4.00. The number of carbonyl (C=O) groups is 2. The molecule has 4 nitrogen and oxygen atoms in total. The normalized spacial score (nSPS) is 12.3. The van der Waals surface area contributed by atoms with E-state index in [9.17, 15) is 9.59 Å². The highest BCUT2D eigenvalue weighted by Gasteiger charge is 2.28. The Hall–Kier alpha value is -1.69. The molecular formula is C23H28Cl2N2O2S. The molecule has 0 aliphatic rings. The summed E-state index contributed by atoms with van der Waals surface area (Å²) in [6.07, 6.45) is 0. The highest BCUT2D eigenvalue weighted by atomic mass is 35.5. The number of nitrogens with one attached hydrogen (secondary N) is 1. The van der Waals surface area contributed by atoms with Crippen molar-refractivity contribution in [2.75, 3.05) is 5.75 Å². The Bertz CT molecular complexity index is 869. The van der Waals surface area contributed by atoms with Crippen molar-refractivity contribution >= 4 is 46.8 Å². The molecule has 0 saturated heterocycles. The van der Waals surface area contributed by atoms with E-state index >= 15 is 0 Å². The number of amides is 2. The summed E-state index contributed by atoms with van der Waals surface area (Å²) in [6.45, 7) is 7.77. The third-order valence-electron chi connectivity index (χ3n) is 4.34. The first kappa shape index (κ1) is 24.6. The lowest BCUT2D eigenvalue weighted by Crippen LogP contribution is -2.52. The van der Waals surface area contributed by atoms with Crippen LogP contribution in [0.3, 0.4) is 0 Å². The monoisotopic (exact) mass is 466 g/mol. The molecule has 1 unspecified atom stereocenters. The van der Waals surface area contributed by atoms with Crippen LogP contribution in [-0.4, -0.2) is 34.0 Å². The third kappa shape index (κ3) is 7.86. The summed E-state index contributed by atoms with van der Waals surface area (Å²) in [4.78, 5) is 27.4. The van der Waals surface area contributed by atoms with Crippen LogP contribution in [0.25, 0.3) is 0 Å². The minimum Gasteiger partial charge on any atom is -0.350 e. The number of hydrogen-bond donors (Lipinski definition) is 1. The molecule has 0 bridgehead atoms. The second-order valence-corrected chi connectivity index (χ2v) is 9.96. The Balaban J connectivity index is 2.12. The number of benzene rings is 2. The average Bonchev–Trinajstić information content (AvgIpc) is 2.67. The molecular weight excluding hydrogens is 439 g/mol. The van der Waals surface area contributed by atoms with E-state index < -0.39 is 6.04 Å². The number of halogens is 2. The zero-order valence-electron chi connectivity index (χ0n) is 17.7. The van der Waals surface area contributed by atoms with Gasteiger partial charge in [0.25, 0.3) is 0 Å². The van der Waals surface area contributed by atoms with Crippen LogP contribution in [0.5, 0.6) is 0 Å². The number of carbonyl (C=O) groups excluding carboxylic acids is 2. The quantitative estimate of drug-likeness (QED) is 0.553. The van der Waals surface area contributed by atoms with Crippen LogP contribution >= 0.6 is 35.0 Å². The summed E-state index contributed by atoms with van der Waals surface area (Å²) in [7, 11) is 0. The zero-order valence-corrected chi connectivity index (χ0v) is 20.1. The van der Waals surface area contributed by atoms with Gasteiger partial charge in [0.15, 0.2) is 0 Å². The predicted octanol–water partition coefficient (Wildman–Crippen LogP) is 5.56. The standard InChI is InChI=1S/C23H28Cl2N2O2S/c1-16(22(29)26-23(2,3)4)27(13-18-10-11-19(24)20(25)12-18)21(28)15-30-14-17-8-6-5-7-9-17/h5-12,16H,13-15H2,1-4H3,(H,26,29). The van der Waals surface area contributed by atoms with Gasteiger partial charge in [-0.2, -0.15) is 0 Å². The molecule has 0 heterocycles. The molecule has 1 atom stereocenters. The second-order valence-electron chi connectivity index (χ2n) is 8.16. The molecule has 7 heteroatoms. The molecule has 2 aromatic rings. The van der Waals surface area contributed by atoms with Crippen LogP contribution < -0.4 is 5.32 Å². The maximum absolute atomic E-state index is 13.1. The Labute approximate surface area is 193 Å². The van der Waals surface area contributed by atoms with Crippen molar-refractivity contribution in [1.29, 1.82) is 0 Å². The van der Waals surface area contributed by atoms with Crippen LogP contribution in [0.15, 0.2) is 48.5 Å². The Morgan fingerprint density at radius 1 is 1.03 bits per heavy atom. The van der Waals surface area contributed by atoms with E-state index in [0.717, 1.165) is 16.9 Å². The Morgan fingerprint density at radius 3 is 2.30 bits per heavy atom. The van der Waals surface area contributed by atoms with E-state index in [2.05, 4.69) is 5.32 Å². The van der Waals surface area contributed by atoms with Crippen LogP contribution in [0, 0.1) is 0 Å². The lowest BCUT2D eigenvalue weighted by Gasteiger charge is -2.31. The molecule has 0 fully saturated rings. The van der Waals surface area contributed by atoms with Gasteiger partial charge in [-0.05, 0) is 51.0 Å². The predicted molar refractivity (Wildman–Crippen MR) is 127 cm³/mol. The van der Waals surface area contributed by atoms with Gasteiger partial charge in [0.1, 0.15) is 6.04 Å². The van der Waals surface area contributed by atoms with Gasteiger partial charge in [-0.1, -0.05) is 59.6 Å². The summed E-state index contributed by atoms with van der Waals surface area (Å²) in [5.74, 6) is 0.724. The third-order valence-corrected chi connectivity index (χ3v) is 6.07. The maximum Gasteiger partial charge on any atom is 0.242 e. The lowest BCUT2D eigenvalue weighted by molar-refractivity contribution is -0.139. The SMILES string of the molecule is CC(C(=O)NC(C)(C)C)N(Cc1ccc(Cl)c(Cl)c1)C(=O)CSCc1ccccc1. The first-order chi connectivity index (χ1) is 14.1. The van der Waals surface area contributed by atoms with Gasteiger partial charge in [0, 0.05) is 17.8 Å². The smallest absolute Gasteiger partial charge is 0.242 e. The van der Waals surface area contributed by atoms with Crippen molar-refractivity contribution in [3.63, 3.8) is 0 Å². The molecule has 2 rings (SSSR count). The average molecular weight is 467 g/mol. The van der Waals surface area contributed by atoms with Gasteiger partial charge < -0.3 is 10.2 Å². The molecule has 2 amide bonds. The van der Waals surface area contributed by atoms with E-state index in [0.29, 0.717) is 10.0 Å². The molecule has 2 aromatic carbocycles. The molecule has 0 saturated carbocycles. The molecule has 0 spiro atoms. The first-order valence-corrected chi connectivity index (χ1v) is 11.6. The van der Waals surface area contributed by atoms with Gasteiger partial charge in [-0.15, -0.1) is 11.8 Å². The second kappa shape index (κ2) is 11.1. The number of thioether (sulfide) groups is 1. The van der Waals surface area contributed by atoms with E-state index in [1.54, 1.807) is 24.0 Å². The molecule has 0 radical (unpaired) electrons. The van der Waals surface area contributed by atoms with E-state index in [-0.39, 0.29) is 29.7 Å². The lowest BCUT2D eigenvalue weighted by atomic mass is 10.1. The summed E-state index contributed by atoms with van der Waals surface area (Å²) in [5.41, 5.74) is 1.59. The summed E-state index contributed by atoms with van der Waals surface area (Å²) >= 11 is 13.7.